The molecular formula is C17H13ClN4O3. The van der Waals surface area contributed by atoms with Crippen molar-refractivity contribution in [2.24, 2.45) is 0 Å². The van der Waals surface area contributed by atoms with E-state index in [1.807, 2.05) is 0 Å². The maximum absolute atomic E-state index is 12.1. The van der Waals surface area contributed by atoms with Gasteiger partial charge in [-0.15, -0.1) is 0 Å². The van der Waals surface area contributed by atoms with Crippen molar-refractivity contribution in [3.63, 3.8) is 0 Å². The SMILES string of the molecule is O=C(Cn1ncc(=O)c2ccccc21)NNC(=O)c1cccc(Cl)c1. The summed E-state index contributed by atoms with van der Waals surface area (Å²) in [5.74, 6) is -0.981. The van der Waals surface area contributed by atoms with E-state index in [0.29, 0.717) is 21.5 Å². The Labute approximate surface area is 147 Å². The van der Waals surface area contributed by atoms with Crippen LogP contribution in [-0.2, 0) is 11.3 Å². The normalized spacial score (nSPS) is 10.4. The predicted molar refractivity (Wildman–Crippen MR) is 93.1 cm³/mol. The Balaban J connectivity index is 1.68. The van der Waals surface area contributed by atoms with Gasteiger partial charge in [0.1, 0.15) is 6.54 Å². The molecule has 0 saturated carbocycles. The van der Waals surface area contributed by atoms with Crippen LogP contribution in [0.3, 0.4) is 0 Å². The molecule has 0 aliphatic rings. The highest BCUT2D eigenvalue weighted by atomic mass is 35.5. The number of carbonyl (C=O) groups is 2. The lowest BCUT2D eigenvalue weighted by Crippen LogP contribution is -2.43. The molecule has 0 unspecified atom stereocenters. The van der Waals surface area contributed by atoms with E-state index in [2.05, 4.69) is 16.0 Å². The number of hydrogen-bond donors (Lipinski definition) is 2. The molecule has 2 aromatic carbocycles. The Morgan fingerprint density at radius 3 is 2.68 bits per heavy atom. The molecule has 126 valence electrons. The van der Waals surface area contributed by atoms with Gasteiger partial charge in [-0.3, -0.25) is 29.9 Å². The topological polar surface area (TPSA) is 93.1 Å². The third-order valence-electron chi connectivity index (χ3n) is 3.46. The lowest BCUT2D eigenvalue weighted by Gasteiger charge is -2.10. The number of fused-ring (bicyclic) bond motifs is 1. The van der Waals surface area contributed by atoms with Crippen LogP contribution in [0.2, 0.25) is 5.02 Å². The molecule has 0 saturated heterocycles. The first-order valence-corrected chi connectivity index (χ1v) is 7.72. The Hall–Kier alpha value is -3.19. The number of carbonyl (C=O) groups excluding carboxylic acids is 2. The van der Waals surface area contributed by atoms with Gasteiger partial charge in [0.05, 0.1) is 11.7 Å². The van der Waals surface area contributed by atoms with Crippen LogP contribution >= 0.6 is 11.6 Å². The number of halogens is 1. The quantitative estimate of drug-likeness (QED) is 0.696. The van der Waals surface area contributed by atoms with Gasteiger partial charge in [0.25, 0.3) is 11.8 Å². The molecule has 1 aromatic heterocycles. The molecule has 25 heavy (non-hydrogen) atoms. The predicted octanol–water partition coefficient (Wildman–Crippen LogP) is 1.51. The standard InChI is InChI=1S/C17H13ClN4O3/c18-12-5-3-4-11(8-12)17(25)21-20-16(24)10-22-14-7-2-1-6-13(14)15(23)9-19-22/h1-9H,10H2,(H,20,24)(H,21,25). The highest BCUT2D eigenvalue weighted by Gasteiger charge is 2.10. The van der Waals surface area contributed by atoms with Gasteiger partial charge in [-0.2, -0.15) is 5.10 Å². The first-order valence-electron chi connectivity index (χ1n) is 7.34. The smallest absolute Gasteiger partial charge is 0.269 e. The number of para-hydroxylation sites is 1. The van der Waals surface area contributed by atoms with Crippen LogP contribution in [0.25, 0.3) is 10.9 Å². The van der Waals surface area contributed by atoms with Gasteiger partial charge in [-0.25, -0.2) is 0 Å². The molecule has 3 rings (SSSR count). The van der Waals surface area contributed by atoms with Crippen LogP contribution in [0.5, 0.6) is 0 Å². The summed E-state index contributed by atoms with van der Waals surface area (Å²) in [6, 6.07) is 13.2. The number of hydrogen-bond acceptors (Lipinski definition) is 4. The van der Waals surface area contributed by atoms with Crippen molar-refractivity contribution >= 4 is 34.3 Å². The molecule has 2 N–H and O–H groups in total. The summed E-state index contributed by atoms with van der Waals surface area (Å²) in [6.45, 7) is -0.156. The molecule has 0 spiro atoms. The largest absolute Gasteiger partial charge is 0.287 e. The van der Waals surface area contributed by atoms with Gasteiger partial charge in [-0.05, 0) is 30.3 Å². The van der Waals surface area contributed by atoms with Crippen LogP contribution < -0.4 is 16.3 Å². The Morgan fingerprint density at radius 1 is 1.08 bits per heavy atom. The number of benzene rings is 2. The van der Waals surface area contributed by atoms with Crippen molar-refractivity contribution in [3.8, 4) is 0 Å². The summed E-state index contributed by atoms with van der Waals surface area (Å²) in [6.07, 6.45) is 1.15. The zero-order valence-corrected chi connectivity index (χ0v) is 13.7. The molecule has 8 heteroatoms. The Morgan fingerprint density at radius 2 is 1.88 bits per heavy atom. The second-order valence-electron chi connectivity index (χ2n) is 5.20. The number of nitrogens with one attached hydrogen (secondary N) is 2. The number of hydrazine groups is 1. The first kappa shape index (κ1) is 16.7. The van der Waals surface area contributed by atoms with Crippen molar-refractivity contribution in [1.82, 2.24) is 20.6 Å². The average Bonchev–Trinajstić information content (AvgIpc) is 2.62. The van der Waals surface area contributed by atoms with E-state index in [0.717, 1.165) is 6.20 Å². The number of nitrogens with zero attached hydrogens (tertiary/aromatic N) is 2. The van der Waals surface area contributed by atoms with E-state index in [1.54, 1.807) is 42.5 Å². The molecule has 0 radical (unpaired) electrons. The molecule has 0 fully saturated rings. The zero-order chi connectivity index (χ0) is 17.8. The monoisotopic (exact) mass is 356 g/mol. The fourth-order valence-corrected chi connectivity index (χ4v) is 2.48. The van der Waals surface area contributed by atoms with Crippen molar-refractivity contribution < 1.29 is 9.59 Å². The van der Waals surface area contributed by atoms with E-state index in [9.17, 15) is 14.4 Å². The lowest BCUT2D eigenvalue weighted by molar-refractivity contribution is -0.122. The number of aromatic nitrogens is 2. The molecule has 7 nitrogen and oxygen atoms in total. The van der Waals surface area contributed by atoms with Crippen LogP contribution in [0, 0.1) is 0 Å². The second kappa shape index (κ2) is 7.14. The molecule has 1 heterocycles. The van der Waals surface area contributed by atoms with Crippen molar-refractivity contribution in [2.45, 2.75) is 6.54 Å². The number of rotatable bonds is 3. The Bertz CT molecular complexity index is 1020. The summed E-state index contributed by atoms with van der Waals surface area (Å²) in [5, 5.41) is 4.84. The van der Waals surface area contributed by atoms with Crippen LogP contribution in [-0.4, -0.2) is 21.6 Å². The van der Waals surface area contributed by atoms with Crippen LogP contribution in [0.1, 0.15) is 10.4 Å². The summed E-state index contributed by atoms with van der Waals surface area (Å²) in [4.78, 5) is 35.8. The third kappa shape index (κ3) is 3.84. The molecule has 3 aromatic rings. The van der Waals surface area contributed by atoms with E-state index in [4.69, 9.17) is 11.6 Å². The van der Waals surface area contributed by atoms with Gasteiger partial charge in [0, 0.05) is 16.0 Å². The maximum atomic E-state index is 12.1. The highest BCUT2D eigenvalue weighted by Crippen LogP contribution is 2.10. The van der Waals surface area contributed by atoms with Gasteiger partial charge in [0.15, 0.2) is 0 Å². The van der Waals surface area contributed by atoms with Crippen LogP contribution in [0.15, 0.2) is 59.5 Å². The van der Waals surface area contributed by atoms with E-state index in [1.165, 1.54) is 10.7 Å². The minimum absolute atomic E-state index is 0.156. The van der Waals surface area contributed by atoms with Crippen molar-refractivity contribution in [1.29, 1.82) is 0 Å². The minimum atomic E-state index is -0.492. The third-order valence-corrected chi connectivity index (χ3v) is 3.69. The van der Waals surface area contributed by atoms with E-state index in [-0.39, 0.29) is 12.0 Å². The minimum Gasteiger partial charge on any atom is -0.287 e. The summed E-state index contributed by atoms with van der Waals surface area (Å²) < 4.78 is 1.39. The zero-order valence-electron chi connectivity index (χ0n) is 12.9. The highest BCUT2D eigenvalue weighted by molar-refractivity contribution is 6.30. The number of amides is 2. The molecule has 0 aliphatic carbocycles. The molecule has 0 aliphatic heterocycles. The summed E-state index contributed by atoms with van der Waals surface area (Å²) in [7, 11) is 0. The average molecular weight is 357 g/mol. The summed E-state index contributed by atoms with van der Waals surface area (Å²) in [5.41, 5.74) is 5.25. The molecule has 2 amide bonds. The van der Waals surface area contributed by atoms with Crippen molar-refractivity contribution in [3.05, 3.63) is 75.5 Å². The Kier molecular flexibility index (Phi) is 4.76. The lowest BCUT2D eigenvalue weighted by atomic mass is 10.2. The molecule has 0 atom stereocenters. The first-order chi connectivity index (χ1) is 12.0. The van der Waals surface area contributed by atoms with Crippen LogP contribution in [0.4, 0.5) is 0 Å². The van der Waals surface area contributed by atoms with E-state index < -0.39 is 11.8 Å². The molecular weight excluding hydrogens is 344 g/mol. The second-order valence-corrected chi connectivity index (χ2v) is 5.63. The van der Waals surface area contributed by atoms with Gasteiger partial charge in [-0.1, -0.05) is 29.8 Å². The van der Waals surface area contributed by atoms with Gasteiger partial charge in [0.2, 0.25) is 5.43 Å². The summed E-state index contributed by atoms with van der Waals surface area (Å²) >= 11 is 5.82. The fourth-order valence-electron chi connectivity index (χ4n) is 2.29. The van der Waals surface area contributed by atoms with Crippen molar-refractivity contribution in [2.75, 3.05) is 0 Å². The van der Waals surface area contributed by atoms with E-state index >= 15 is 0 Å². The van der Waals surface area contributed by atoms with Gasteiger partial charge < -0.3 is 0 Å². The molecule has 0 bridgehead atoms. The fraction of sp³-hybridized carbons (Fsp3) is 0.0588. The van der Waals surface area contributed by atoms with Gasteiger partial charge >= 0.3 is 0 Å². The maximum Gasteiger partial charge on any atom is 0.269 e.